The number of pyridine rings is 1. The summed E-state index contributed by atoms with van der Waals surface area (Å²) in [6.45, 7) is 7.05. The zero-order chi connectivity index (χ0) is 13.2. The molecule has 2 fully saturated rings. The van der Waals surface area contributed by atoms with E-state index in [9.17, 15) is 0 Å². The monoisotopic (exact) mass is 259 g/mol. The minimum atomic E-state index is 0.588. The third-order valence-electron chi connectivity index (χ3n) is 4.06. The Balaban J connectivity index is 1.66. The van der Waals surface area contributed by atoms with Crippen molar-refractivity contribution in [3.63, 3.8) is 0 Å². The molecule has 0 spiro atoms. The van der Waals surface area contributed by atoms with Crippen LogP contribution in [0.4, 0.5) is 5.82 Å². The number of nitrogens with one attached hydrogen (secondary N) is 1. The van der Waals surface area contributed by atoms with Crippen molar-refractivity contribution in [3.05, 3.63) is 23.9 Å². The summed E-state index contributed by atoms with van der Waals surface area (Å²) >= 11 is 0. The van der Waals surface area contributed by atoms with Crippen LogP contribution in [0.3, 0.4) is 0 Å². The van der Waals surface area contributed by atoms with E-state index in [0.29, 0.717) is 12.1 Å². The van der Waals surface area contributed by atoms with Crippen molar-refractivity contribution in [2.45, 2.75) is 51.6 Å². The van der Waals surface area contributed by atoms with Crippen LogP contribution in [0.2, 0.25) is 0 Å². The topological polar surface area (TPSA) is 28.2 Å². The van der Waals surface area contributed by atoms with Crippen molar-refractivity contribution in [2.75, 3.05) is 18.4 Å². The molecule has 0 aromatic carbocycles. The van der Waals surface area contributed by atoms with Crippen molar-refractivity contribution in [1.29, 1.82) is 0 Å². The summed E-state index contributed by atoms with van der Waals surface area (Å²) in [6, 6.07) is 5.69. The van der Waals surface area contributed by atoms with Crippen molar-refractivity contribution in [3.8, 4) is 0 Å². The van der Waals surface area contributed by atoms with E-state index in [4.69, 9.17) is 0 Å². The maximum absolute atomic E-state index is 4.58. The fraction of sp³-hybridized carbons (Fsp3) is 0.688. The van der Waals surface area contributed by atoms with Crippen LogP contribution < -0.4 is 5.32 Å². The van der Waals surface area contributed by atoms with E-state index in [1.807, 2.05) is 0 Å². The van der Waals surface area contributed by atoms with E-state index in [0.717, 1.165) is 11.7 Å². The van der Waals surface area contributed by atoms with Crippen LogP contribution in [-0.4, -0.2) is 29.0 Å². The van der Waals surface area contributed by atoms with Gasteiger partial charge in [-0.2, -0.15) is 0 Å². The lowest BCUT2D eigenvalue weighted by molar-refractivity contribution is 0.228. The largest absolute Gasteiger partial charge is 0.367 e. The number of aromatic nitrogens is 1. The molecule has 1 N–H and O–H groups in total. The molecule has 1 aromatic rings. The van der Waals surface area contributed by atoms with Crippen molar-refractivity contribution in [2.24, 2.45) is 5.92 Å². The second-order valence-electron chi connectivity index (χ2n) is 6.44. The van der Waals surface area contributed by atoms with E-state index in [1.54, 1.807) is 0 Å². The van der Waals surface area contributed by atoms with Crippen molar-refractivity contribution in [1.82, 2.24) is 9.88 Å². The molecule has 19 heavy (non-hydrogen) atoms. The smallest absolute Gasteiger partial charge is 0.126 e. The highest BCUT2D eigenvalue weighted by atomic mass is 15.2. The molecule has 1 saturated heterocycles. The van der Waals surface area contributed by atoms with E-state index >= 15 is 0 Å². The Morgan fingerprint density at radius 1 is 1.32 bits per heavy atom. The van der Waals surface area contributed by atoms with Gasteiger partial charge < -0.3 is 5.32 Å². The number of hydrogen-bond acceptors (Lipinski definition) is 3. The average molecular weight is 259 g/mol. The molecule has 0 radical (unpaired) electrons. The number of rotatable bonds is 5. The molecule has 104 valence electrons. The van der Waals surface area contributed by atoms with Gasteiger partial charge in [0, 0.05) is 24.8 Å². The molecule has 2 aliphatic rings. The van der Waals surface area contributed by atoms with Gasteiger partial charge in [0.25, 0.3) is 0 Å². The lowest BCUT2D eigenvalue weighted by Crippen LogP contribution is -2.27. The number of likely N-dealkylation sites (tertiary alicyclic amines) is 1. The summed E-state index contributed by atoms with van der Waals surface area (Å²) in [7, 11) is 0. The quantitative estimate of drug-likeness (QED) is 0.878. The van der Waals surface area contributed by atoms with Crippen LogP contribution in [0.5, 0.6) is 0 Å². The Bertz CT molecular complexity index is 409. The third-order valence-corrected chi connectivity index (χ3v) is 4.06. The molecule has 3 rings (SSSR count). The number of anilines is 1. The maximum atomic E-state index is 4.58. The highest BCUT2D eigenvalue weighted by Gasteiger charge is 2.26. The van der Waals surface area contributed by atoms with Crippen molar-refractivity contribution < 1.29 is 0 Å². The molecule has 1 aromatic heterocycles. The van der Waals surface area contributed by atoms with Crippen LogP contribution in [0.25, 0.3) is 0 Å². The van der Waals surface area contributed by atoms with Gasteiger partial charge in [-0.05, 0) is 49.8 Å². The fourth-order valence-corrected chi connectivity index (χ4v) is 3.02. The molecule has 3 nitrogen and oxygen atoms in total. The predicted molar refractivity (Wildman–Crippen MR) is 79.3 cm³/mol. The summed E-state index contributed by atoms with van der Waals surface area (Å²) in [5.41, 5.74) is 1.39. The van der Waals surface area contributed by atoms with Gasteiger partial charge >= 0.3 is 0 Å². The first-order valence-electron chi connectivity index (χ1n) is 7.69. The van der Waals surface area contributed by atoms with Gasteiger partial charge in [-0.25, -0.2) is 4.98 Å². The molecule has 2 heterocycles. The number of hydrogen-bond donors (Lipinski definition) is 1. The van der Waals surface area contributed by atoms with Crippen LogP contribution in [0.15, 0.2) is 18.3 Å². The van der Waals surface area contributed by atoms with Gasteiger partial charge in [0.2, 0.25) is 0 Å². The highest BCUT2D eigenvalue weighted by molar-refractivity contribution is 5.38. The summed E-state index contributed by atoms with van der Waals surface area (Å²) in [5.74, 6) is 1.78. The zero-order valence-corrected chi connectivity index (χ0v) is 12.1. The molecule has 0 bridgehead atoms. The van der Waals surface area contributed by atoms with Crippen LogP contribution >= 0.6 is 0 Å². The molecule has 3 heteroatoms. The molecule has 1 atom stereocenters. The Morgan fingerprint density at radius 2 is 2.16 bits per heavy atom. The second-order valence-corrected chi connectivity index (χ2v) is 6.44. The van der Waals surface area contributed by atoms with Crippen LogP contribution in [-0.2, 0) is 0 Å². The second kappa shape index (κ2) is 5.49. The zero-order valence-electron chi connectivity index (χ0n) is 12.1. The Labute approximate surface area is 116 Å². The molecule has 1 aliphatic carbocycles. The first kappa shape index (κ1) is 12.9. The number of nitrogens with zero attached hydrogens (tertiary/aromatic N) is 2. The van der Waals surface area contributed by atoms with E-state index in [-0.39, 0.29) is 0 Å². The van der Waals surface area contributed by atoms with E-state index in [2.05, 4.69) is 47.4 Å². The minimum absolute atomic E-state index is 0.588. The Hall–Kier alpha value is -1.09. The van der Waals surface area contributed by atoms with Gasteiger partial charge in [0.15, 0.2) is 0 Å². The van der Waals surface area contributed by atoms with E-state index in [1.165, 1.54) is 44.3 Å². The normalized spacial score (nSPS) is 24.1. The molecule has 0 amide bonds. The summed E-state index contributed by atoms with van der Waals surface area (Å²) < 4.78 is 0. The summed E-state index contributed by atoms with van der Waals surface area (Å²) in [6.07, 6.45) is 7.28. The first-order chi connectivity index (χ1) is 9.22. The Kier molecular flexibility index (Phi) is 3.74. The standard InChI is InChI=1S/C16H25N3/c1-12(2)11-19-9-3-4-15(19)13-5-8-16(17-10-13)18-14-6-7-14/h5,8,10,12,14-15H,3-4,6-7,9,11H2,1-2H3,(H,17,18). The molecule has 1 saturated carbocycles. The Morgan fingerprint density at radius 3 is 2.79 bits per heavy atom. The van der Waals surface area contributed by atoms with Crippen LogP contribution in [0.1, 0.15) is 51.1 Å². The molecule has 1 aliphatic heterocycles. The van der Waals surface area contributed by atoms with E-state index < -0.39 is 0 Å². The van der Waals surface area contributed by atoms with Gasteiger partial charge in [0.1, 0.15) is 5.82 Å². The average Bonchev–Trinajstić information content (AvgIpc) is 3.08. The third kappa shape index (κ3) is 3.27. The minimum Gasteiger partial charge on any atom is -0.367 e. The predicted octanol–water partition coefficient (Wildman–Crippen LogP) is 3.45. The maximum Gasteiger partial charge on any atom is 0.126 e. The molecule has 1 unspecified atom stereocenters. The SMILES string of the molecule is CC(C)CN1CCCC1c1ccc(NC2CC2)nc1. The van der Waals surface area contributed by atoms with Crippen LogP contribution in [0, 0.1) is 5.92 Å². The van der Waals surface area contributed by atoms with Gasteiger partial charge in [-0.1, -0.05) is 19.9 Å². The summed E-state index contributed by atoms with van der Waals surface area (Å²) in [5, 5.41) is 3.45. The fourth-order valence-electron chi connectivity index (χ4n) is 3.02. The lowest BCUT2D eigenvalue weighted by Gasteiger charge is -2.26. The molecular formula is C16H25N3. The van der Waals surface area contributed by atoms with Crippen molar-refractivity contribution >= 4 is 5.82 Å². The summed E-state index contributed by atoms with van der Waals surface area (Å²) in [4.78, 5) is 7.20. The lowest BCUT2D eigenvalue weighted by atomic mass is 10.1. The van der Waals surface area contributed by atoms with Gasteiger partial charge in [-0.3, -0.25) is 4.90 Å². The van der Waals surface area contributed by atoms with Gasteiger partial charge in [0.05, 0.1) is 0 Å². The molecular weight excluding hydrogens is 234 g/mol. The first-order valence-corrected chi connectivity index (χ1v) is 7.69. The van der Waals surface area contributed by atoms with Gasteiger partial charge in [-0.15, -0.1) is 0 Å². The highest BCUT2D eigenvalue weighted by Crippen LogP contribution is 2.32.